The van der Waals surface area contributed by atoms with Crippen molar-refractivity contribution >= 4 is 29.1 Å². The first-order valence-electron chi connectivity index (χ1n) is 9.56. The number of ether oxygens (including phenoxy) is 1. The highest BCUT2D eigenvalue weighted by Crippen LogP contribution is 2.49. The molecule has 9 nitrogen and oxygen atoms in total. The zero-order valence-corrected chi connectivity index (χ0v) is 15.9. The van der Waals surface area contributed by atoms with E-state index in [1.807, 2.05) is 12.2 Å². The molecule has 3 aliphatic carbocycles. The van der Waals surface area contributed by atoms with E-state index < -0.39 is 10.8 Å². The van der Waals surface area contributed by atoms with Gasteiger partial charge in [-0.3, -0.25) is 29.4 Å². The lowest BCUT2D eigenvalue weighted by Crippen LogP contribution is -2.38. The lowest BCUT2D eigenvalue weighted by atomic mass is 9.63. The Bertz CT molecular complexity index is 895. The van der Waals surface area contributed by atoms with Crippen LogP contribution in [0.15, 0.2) is 30.4 Å². The van der Waals surface area contributed by atoms with Crippen molar-refractivity contribution in [3.05, 3.63) is 40.5 Å². The summed E-state index contributed by atoms with van der Waals surface area (Å²) >= 11 is 0. The number of carbonyl (C=O) groups excluding carboxylic acids is 3. The van der Waals surface area contributed by atoms with Gasteiger partial charge in [0.15, 0.2) is 0 Å². The minimum Gasteiger partial charge on any atom is -0.495 e. The monoisotopic (exact) mass is 399 g/mol. The van der Waals surface area contributed by atoms with Gasteiger partial charge in [-0.25, -0.2) is 0 Å². The number of non-ortho nitro benzene ring substituents is 1. The number of benzene rings is 1. The van der Waals surface area contributed by atoms with Gasteiger partial charge >= 0.3 is 0 Å². The molecule has 1 aromatic rings. The number of fused-ring (bicyclic) bond motifs is 1. The zero-order valence-electron chi connectivity index (χ0n) is 15.9. The normalized spacial score (nSPS) is 27.1. The van der Waals surface area contributed by atoms with Crippen LogP contribution < -0.4 is 10.1 Å². The van der Waals surface area contributed by atoms with E-state index in [0.29, 0.717) is 0 Å². The van der Waals surface area contributed by atoms with E-state index in [0.717, 1.165) is 12.8 Å². The number of nitro benzene ring substituents is 1. The molecule has 5 rings (SSSR count). The van der Waals surface area contributed by atoms with Gasteiger partial charge < -0.3 is 10.1 Å². The number of hydrogen-bond donors (Lipinski definition) is 1. The molecule has 4 atom stereocenters. The number of allylic oxidation sites excluding steroid dienone is 2. The topological polar surface area (TPSA) is 119 Å². The second kappa shape index (κ2) is 7.31. The summed E-state index contributed by atoms with van der Waals surface area (Å²) in [5.74, 6) is -0.952. The van der Waals surface area contributed by atoms with Crippen LogP contribution in [0.5, 0.6) is 5.75 Å². The van der Waals surface area contributed by atoms with Crippen LogP contribution in [-0.2, 0) is 14.4 Å². The van der Waals surface area contributed by atoms with Crippen LogP contribution in [0.4, 0.5) is 11.4 Å². The summed E-state index contributed by atoms with van der Waals surface area (Å²) in [5.41, 5.74) is -0.0141. The highest BCUT2D eigenvalue weighted by Gasteiger charge is 2.56. The largest absolute Gasteiger partial charge is 0.495 e. The molecule has 0 radical (unpaired) electrons. The molecule has 9 heteroatoms. The van der Waals surface area contributed by atoms with Gasteiger partial charge in [0.2, 0.25) is 17.7 Å². The molecule has 1 heterocycles. The maximum atomic E-state index is 12.8. The quantitative estimate of drug-likeness (QED) is 0.339. The molecule has 1 aliphatic heterocycles. The summed E-state index contributed by atoms with van der Waals surface area (Å²) in [6, 6.07) is 3.88. The average molecular weight is 399 g/mol. The Morgan fingerprint density at radius 2 is 1.83 bits per heavy atom. The first-order chi connectivity index (χ1) is 13.9. The second-order valence-electron chi connectivity index (χ2n) is 7.61. The lowest BCUT2D eigenvalue weighted by Gasteiger charge is -2.38. The third-order valence-corrected chi connectivity index (χ3v) is 6.08. The van der Waals surface area contributed by atoms with E-state index >= 15 is 0 Å². The number of imide groups is 1. The molecule has 1 aromatic carbocycles. The van der Waals surface area contributed by atoms with Crippen LogP contribution in [0, 0.1) is 33.8 Å². The number of nitrogens with zero attached hydrogens (tertiary/aromatic N) is 2. The second-order valence-corrected chi connectivity index (χ2v) is 7.61. The van der Waals surface area contributed by atoms with E-state index in [1.165, 1.54) is 30.2 Å². The van der Waals surface area contributed by atoms with Gasteiger partial charge in [0.1, 0.15) is 5.75 Å². The summed E-state index contributed by atoms with van der Waals surface area (Å²) in [7, 11) is 1.39. The first kappa shape index (κ1) is 19.1. The van der Waals surface area contributed by atoms with Crippen LogP contribution in [-0.4, -0.2) is 41.2 Å². The maximum Gasteiger partial charge on any atom is 0.271 e. The van der Waals surface area contributed by atoms with Crippen molar-refractivity contribution in [3.63, 3.8) is 0 Å². The minimum atomic E-state index is -0.569. The van der Waals surface area contributed by atoms with Gasteiger partial charge in [-0.15, -0.1) is 0 Å². The summed E-state index contributed by atoms with van der Waals surface area (Å²) in [4.78, 5) is 49.5. The molecule has 4 aliphatic rings. The predicted molar refractivity (Wildman–Crippen MR) is 102 cm³/mol. The number of rotatable bonds is 6. The summed E-state index contributed by atoms with van der Waals surface area (Å²) in [6.45, 7) is -0.00676. The summed E-state index contributed by atoms with van der Waals surface area (Å²) in [6.07, 6.45) is 5.84. The summed E-state index contributed by atoms with van der Waals surface area (Å²) in [5, 5.41) is 13.5. The molecular formula is C20H21N3O6. The molecule has 3 amide bonds. The molecular weight excluding hydrogens is 378 g/mol. The molecule has 1 N–H and O–H groups in total. The molecule has 2 fully saturated rings. The Kier molecular flexibility index (Phi) is 4.81. The number of methoxy groups -OCH3 is 1. The number of likely N-dealkylation sites (tertiary alicyclic amines) is 1. The van der Waals surface area contributed by atoms with Crippen molar-refractivity contribution in [2.75, 3.05) is 19.0 Å². The Morgan fingerprint density at radius 1 is 1.21 bits per heavy atom. The van der Waals surface area contributed by atoms with E-state index in [2.05, 4.69) is 5.32 Å². The van der Waals surface area contributed by atoms with Gasteiger partial charge in [-0.05, 0) is 30.7 Å². The zero-order chi connectivity index (χ0) is 20.7. The van der Waals surface area contributed by atoms with Crippen molar-refractivity contribution in [3.8, 4) is 5.75 Å². The number of hydrogen-bond acceptors (Lipinski definition) is 6. The average Bonchev–Trinajstić information content (AvgIpc) is 2.99. The van der Waals surface area contributed by atoms with Crippen LogP contribution in [0.3, 0.4) is 0 Å². The number of amides is 3. The Labute approximate surface area is 166 Å². The van der Waals surface area contributed by atoms with Crippen LogP contribution in [0.2, 0.25) is 0 Å². The van der Waals surface area contributed by atoms with Gasteiger partial charge in [0.05, 0.1) is 29.6 Å². The van der Waals surface area contributed by atoms with Gasteiger partial charge in [-0.2, -0.15) is 0 Å². The van der Waals surface area contributed by atoms with Crippen molar-refractivity contribution < 1.29 is 24.0 Å². The fourth-order valence-electron chi connectivity index (χ4n) is 4.69. The molecule has 0 aromatic heterocycles. The standard InChI is InChI=1S/C20H21N3O6/c1-29-15-7-6-13(23(27)28)10-14(15)21-16(24)8-9-22-19(25)17-11-2-3-12(5-4-11)18(17)20(22)26/h2-3,6-7,10-12,17-18H,4-5,8-9H2,1H3,(H,21,24). The molecule has 29 heavy (non-hydrogen) atoms. The number of nitrogens with one attached hydrogen (secondary N) is 1. The Balaban J connectivity index is 1.42. The van der Waals surface area contributed by atoms with Crippen molar-refractivity contribution in [2.45, 2.75) is 19.3 Å². The van der Waals surface area contributed by atoms with Gasteiger partial charge in [-0.1, -0.05) is 12.2 Å². The Hall–Kier alpha value is -3.23. The minimum absolute atomic E-state index is 0.00676. The summed E-state index contributed by atoms with van der Waals surface area (Å²) < 4.78 is 5.12. The number of anilines is 1. The van der Waals surface area contributed by atoms with Gasteiger partial charge in [0.25, 0.3) is 5.69 Å². The van der Waals surface area contributed by atoms with E-state index in [1.54, 1.807) is 0 Å². The number of nitro groups is 1. The molecule has 2 bridgehead atoms. The van der Waals surface area contributed by atoms with Crippen molar-refractivity contribution in [2.24, 2.45) is 23.7 Å². The SMILES string of the molecule is COc1ccc([N+](=O)[O-])cc1NC(=O)CCN1C(=O)C2C3C=CC(CC3)C2C1=O. The highest BCUT2D eigenvalue weighted by molar-refractivity contribution is 6.06. The maximum absolute atomic E-state index is 12.8. The molecule has 4 unspecified atom stereocenters. The number of carbonyl (C=O) groups is 3. The fraction of sp³-hybridized carbons (Fsp3) is 0.450. The molecule has 0 spiro atoms. The van der Waals surface area contributed by atoms with Crippen LogP contribution >= 0.6 is 0 Å². The van der Waals surface area contributed by atoms with E-state index in [9.17, 15) is 24.5 Å². The fourth-order valence-corrected chi connectivity index (χ4v) is 4.69. The van der Waals surface area contributed by atoms with E-state index in [4.69, 9.17) is 4.74 Å². The molecule has 1 saturated heterocycles. The first-order valence-corrected chi connectivity index (χ1v) is 9.56. The third-order valence-electron chi connectivity index (χ3n) is 6.08. The Morgan fingerprint density at radius 3 is 2.34 bits per heavy atom. The lowest BCUT2D eigenvalue weighted by molar-refractivity contribution is -0.384. The van der Waals surface area contributed by atoms with Gasteiger partial charge in [0, 0.05) is 25.1 Å². The predicted octanol–water partition coefficient (Wildman–Crippen LogP) is 2.13. The smallest absolute Gasteiger partial charge is 0.271 e. The van der Waals surface area contributed by atoms with Crippen LogP contribution in [0.1, 0.15) is 19.3 Å². The highest BCUT2D eigenvalue weighted by atomic mass is 16.6. The van der Waals surface area contributed by atoms with Crippen LogP contribution in [0.25, 0.3) is 0 Å². The van der Waals surface area contributed by atoms with Crippen molar-refractivity contribution in [1.29, 1.82) is 0 Å². The van der Waals surface area contributed by atoms with Crippen molar-refractivity contribution in [1.82, 2.24) is 4.90 Å². The third kappa shape index (κ3) is 3.26. The molecule has 1 saturated carbocycles. The van der Waals surface area contributed by atoms with E-state index in [-0.39, 0.29) is 65.6 Å². The molecule has 152 valence electrons.